The van der Waals surface area contributed by atoms with E-state index >= 15 is 0 Å². The van der Waals surface area contributed by atoms with E-state index in [1.807, 2.05) is 0 Å². The minimum absolute atomic E-state index is 0.0413. The molecule has 7 nitrogen and oxygen atoms in total. The van der Waals surface area contributed by atoms with E-state index in [-0.39, 0.29) is 16.9 Å². The van der Waals surface area contributed by atoms with Crippen molar-refractivity contribution in [2.45, 2.75) is 17.9 Å². The topological polar surface area (TPSA) is 98.5 Å². The molecule has 0 heterocycles. The van der Waals surface area contributed by atoms with Gasteiger partial charge in [0.2, 0.25) is 0 Å². The number of nitro benzene ring substituents is 1. The van der Waals surface area contributed by atoms with Gasteiger partial charge in [-0.3, -0.25) is 14.9 Å². The summed E-state index contributed by atoms with van der Waals surface area (Å²) in [7, 11) is 0. The zero-order chi connectivity index (χ0) is 19.3. The fraction of sp³-hybridized carbons (Fsp3) is 0.176. The first-order chi connectivity index (χ1) is 12.3. The van der Waals surface area contributed by atoms with E-state index in [1.54, 1.807) is 12.3 Å². The van der Waals surface area contributed by atoms with Crippen LogP contribution in [0.2, 0.25) is 0 Å². The van der Waals surface area contributed by atoms with Gasteiger partial charge in [0.05, 0.1) is 21.1 Å². The molecule has 0 saturated carbocycles. The first-order valence-electron chi connectivity index (χ1n) is 7.42. The van der Waals surface area contributed by atoms with Crippen molar-refractivity contribution in [3.05, 3.63) is 64.0 Å². The number of benzene rings is 2. The van der Waals surface area contributed by atoms with Crippen LogP contribution in [-0.4, -0.2) is 29.2 Å². The quantitative estimate of drug-likeness (QED) is 0.357. The Balaban J connectivity index is 2.09. The third-order valence-electron chi connectivity index (χ3n) is 3.40. The minimum Gasteiger partial charge on any atom is -0.449 e. The number of carbonyl (C=O) groups is 2. The zero-order valence-corrected chi connectivity index (χ0v) is 14.7. The molecular weight excluding hydrogens is 363 g/mol. The van der Waals surface area contributed by atoms with Gasteiger partial charge in [0, 0.05) is 6.07 Å². The van der Waals surface area contributed by atoms with Crippen LogP contribution in [0, 0.1) is 15.9 Å². The molecule has 136 valence electrons. The Labute approximate surface area is 152 Å². The van der Waals surface area contributed by atoms with Gasteiger partial charge in [0.15, 0.2) is 6.10 Å². The molecule has 0 unspecified atom stereocenters. The highest BCUT2D eigenvalue weighted by Crippen LogP contribution is 2.28. The van der Waals surface area contributed by atoms with E-state index in [0.717, 1.165) is 6.07 Å². The number of rotatable bonds is 6. The maximum Gasteiger partial charge on any atom is 0.339 e. The molecule has 26 heavy (non-hydrogen) atoms. The second-order valence-electron chi connectivity index (χ2n) is 5.16. The van der Waals surface area contributed by atoms with Gasteiger partial charge in [-0.2, -0.15) is 0 Å². The first-order valence-corrected chi connectivity index (χ1v) is 8.64. The van der Waals surface area contributed by atoms with Crippen molar-refractivity contribution < 1.29 is 23.6 Å². The van der Waals surface area contributed by atoms with Gasteiger partial charge in [0.1, 0.15) is 5.82 Å². The monoisotopic (exact) mass is 378 g/mol. The third kappa shape index (κ3) is 4.57. The first kappa shape index (κ1) is 19.4. The van der Waals surface area contributed by atoms with Crippen LogP contribution in [0.25, 0.3) is 0 Å². The summed E-state index contributed by atoms with van der Waals surface area (Å²) in [6, 6.07) is 9.47. The molecule has 1 N–H and O–H groups in total. The van der Waals surface area contributed by atoms with Gasteiger partial charge in [-0.25, -0.2) is 9.18 Å². The molecule has 0 radical (unpaired) electrons. The summed E-state index contributed by atoms with van der Waals surface area (Å²) >= 11 is 1.17. The molecular formula is C17H15FN2O5S. The summed E-state index contributed by atoms with van der Waals surface area (Å²) in [5, 5.41) is 13.4. The lowest BCUT2D eigenvalue weighted by molar-refractivity contribution is -0.387. The predicted octanol–water partition coefficient (Wildman–Crippen LogP) is 3.64. The molecule has 0 aliphatic carbocycles. The zero-order valence-electron chi connectivity index (χ0n) is 13.9. The fourth-order valence-electron chi connectivity index (χ4n) is 2.04. The minimum atomic E-state index is -1.22. The lowest BCUT2D eigenvalue weighted by Crippen LogP contribution is -2.30. The van der Waals surface area contributed by atoms with Crippen LogP contribution in [0.5, 0.6) is 0 Å². The summed E-state index contributed by atoms with van der Waals surface area (Å²) in [4.78, 5) is 35.0. The third-order valence-corrected chi connectivity index (χ3v) is 4.18. The molecule has 0 bridgehead atoms. The van der Waals surface area contributed by atoms with E-state index in [1.165, 1.54) is 49.0 Å². The Kier molecular flexibility index (Phi) is 6.29. The van der Waals surface area contributed by atoms with Crippen LogP contribution < -0.4 is 5.32 Å². The fourth-order valence-corrected chi connectivity index (χ4v) is 2.59. The highest BCUT2D eigenvalue weighted by atomic mass is 32.2. The number of ether oxygens (including phenoxy) is 1. The molecule has 0 aromatic heterocycles. The number of amides is 1. The maximum atomic E-state index is 13.5. The smallest absolute Gasteiger partial charge is 0.339 e. The highest BCUT2D eigenvalue weighted by Gasteiger charge is 2.22. The lowest BCUT2D eigenvalue weighted by Gasteiger charge is -2.14. The summed E-state index contributed by atoms with van der Waals surface area (Å²) in [5.74, 6) is -2.24. The number of para-hydroxylation sites is 1. The van der Waals surface area contributed by atoms with Gasteiger partial charge >= 0.3 is 5.97 Å². The van der Waals surface area contributed by atoms with E-state index < -0.39 is 28.7 Å². The number of nitro groups is 1. The number of carbonyl (C=O) groups excluding carboxylic acids is 2. The van der Waals surface area contributed by atoms with E-state index in [4.69, 9.17) is 4.74 Å². The van der Waals surface area contributed by atoms with Gasteiger partial charge < -0.3 is 10.1 Å². The number of halogens is 1. The summed E-state index contributed by atoms with van der Waals surface area (Å²) in [5.41, 5.74) is -0.323. The average molecular weight is 378 g/mol. The van der Waals surface area contributed by atoms with Crippen molar-refractivity contribution in [2.75, 3.05) is 11.6 Å². The van der Waals surface area contributed by atoms with Crippen LogP contribution in [0.15, 0.2) is 47.4 Å². The van der Waals surface area contributed by atoms with Gasteiger partial charge in [-0.1, -0.05) is 12.1 Å². The number of hydrogen-bond donors (Lipinski definition) is 1. The summed E-state index contributed by atoms with van der Waals surface area (Å²) in [6.07, 6.45) is 0.455. The van der Waals surface area contributed by atoms with E-state index in [9.17, 15) is 24.1 Å². The average Bonchev–Trinajstić information content (AvgIpc) is 2.62. The normalized spacial score (nSPS) is 11.5. The molecule has 1 atom stereocenters. The number of nitrogens with one attached hydrogen (secondary N) is 1. The lowest BCUT2D eigenvalue weighted by atomic mass is 10.2. The van der Waals surface area contributed by atoms with Crippen molar-refractivity contribution >= 4 is 35.0 Å². The number of thioether (sulfide) groups is 1. The van der Waals surface area contributed by atoms with Crippen LogP contribution in [0.4, 0.5) is 15.8 Å². The Bertz CT molecular complexity index is 859. The maximum absolute atomic E-state index is 13.5. The van der Waals surface area contributed by atoms with Gasteiger partial charge in [-0.05, 0) is 37.4 Å². The van der Waals surface area contributed by atoms with Crippen molar-refractivity contribution in [1.82, 2.24) is 0 Å². The predicted molar refractivity (Wildman–Crippen MR) is 94.8 cm³/mol. The molecule has 0 fully saturated rings. The second kappa shape index (κ2) is 8.43. The molecule has 0 saturated heterocycles. The van der Waals surface area contributed by atoms with Gasteiger partial charge in [-0.15, -0.1) is 11.8 Å². The van der Waals surface area contributed by atoms with Crippen molar-refractivity contribution in [3.8, 4) is 0 Å². The molecule has 2 aromatic rings. The van der Waals surface area contributed by atoms with Crippen molar-refractivity contribution in [1.29, 1.82) is 0 Å². The SMILES string of the molecule is CSc1ccc(C(=O)O[C@H](C)C(=O)Nc2ccccc2F)cc1[N+](=O)[O-]. The molecule has 0 aliphatic rings. The van der Waals surface area contributed by atoms with Crippen LogP contribution in [0.1, 0.15) is 17.3 Å². The Morgan fingerprint density at radius 3 is 2.58 bits per heavy atom. The van der Waals surface area contributed by atoms with Gasteiger partial charge in [0.25, 0.3) is 11.6 Å². The number of nitrogens with zero attached hydrogens (tertiary/aromatic N) is 1. The van der Waals surface area contributed by atoms with Crippen LogP contribution >= 0.6 is 11.8 Å². The second-order valence-corrected chi connectivity index (χ2v) is 6.01. The van der Waals surface area contributed by atoms with Crippen molar-refractivity contribution in [2.24, 2.45) is 0 Å². The van der Waals surface area contributed by atoms with E-state index in [2.05, 4.69) is 5.32 Å². The highest BCUT2D eigenvalue weighted by molar-refractivity contribution is 7.98. The standard InChI is InChI=1S/C17H15FN2O5S/c1-10(16(21)19-13-6-4-3-5-12(13)18)25-17(22)11-7-8-15(26-2)14(9-11)20(23)24/h3-10H,1-2H3,(H,19,21)/t10-/m1/s1. The van der Waals surface area contributed by atoms with Crippen LogP contribution in [0.3, 0.4) is 0 Å². The van der Waals surface area contributed by atoms with E-state index in [0.29, 0.717) is 4.90 Å². The van der Waals surface area contributed by atoms with Crippen LogP contribution in [-0.2, 0) is 9.53 Å². The molecule has 0 spiro atoms. The molecule has 0 aliphatic heterocycles. The Hall–Kier alpha value is -2.94. The molecule has 2 aromatic carbocycles. The number of esters is 1. The summed E-state index contributed by atoms with van der Waals surface area (Å²) < 4.78 is 18.6. The largest absolute Gasteiger partial charge is 0.449 e. The number of anilines is 1. The van der Waals surface area contributed by atoms with Crippen molar-refractivity contribution in [3.63, 3.8) is 0 Å². The Morgan fingerprint density at radius 2 is 1.96 bits per heavy atom. The Morgan fingerprint density at radius 1 is 1.27 bits per heavy atom. The molecule has 1 amide bonds. The summed E-state index contributed by atoms with van der Waals surface area (Å²) in [6.45, 7) is 1.32. The number of hydrogen-bond acceptors (Lipinski definition) is 6. The molecule has 2 rings (SSSR count). The molecule has 9 heteroatoms.